The molecule has 1 aromatic heterocycles. The maximum atomic E-state index is 11.9. The predicted octanol–water partition coefficient (Wildman–Crippen LogP) is 2.38. The molecule has 1 saturated carbocycles. The van der Waals surface area contributed by atoms with Crippen LogP contribution in [0.25, 0.3) is 0 Å². The second-order valence-electron chi connectivity index (χ2n) is 5.56. The molecule has 2 atom stereocenters. The number of thiazole rings is 1. The first-order valence-electron chi connectivity index (χ1n) is 7.45. The van der Waals surface area contributed by atoms with Crippen molar-refractivity contribution in [1.29, 1.82) is 0 Å². The SMILES string of the molecule is NCC1CC1NC(=O)Cc1csc(COc2ccc(Cl)cc2)n1. The molecule has 0 bridgehead atoms. The molecule has 1 aromatic carbocycles. The molecular formula is C16H18ClN3O2S. The van der Waals surface area contributed by atoms with Crippen LogP contribution in [-0.2, 0) is 17.8 Å². The lowest BCUT2D eigenvalue weighted by Crippen LogP contribution is -2.29. The van der Waals surface area contributed by atoms with Crippen molar-refractivity contribution < 1.29 is 9.53 Å². The molecule has 2 aromatic rings. The van der Waals surface area contributed by atoms with Crippen molar-refractivity contribution in [2.24, 2.45) is 11.7 Å². The molecule has 0 radical (unpaired) electrons. The monoisotopic (exact) mass is 351 g/mol. The van der Waals surface area contributed by atoms with Crippen LogP contribution in [0.5, 0.6) is 5.75 Å². The number of carbonyl (C=O) groups excluding carboxylic acids is 1. The number of halogens is 1. The van der Waals surface area contributed by atoms with Gasteiger partial charge in [0.25, 0.3) is 0 Å². The first-order valence-corrected chi connectivity index (χ1v) is 8.71. The van der Waals surface area contributed by atoms with Crippen LogP contribution in [0.4, 0.5) is 0 Å². The van der Waals surface area contributed by atoms with Crippen LogP contribution in [0, 0.1) is 5.92 Å². The highest BCUT2D eigenvalue weighted by Gasteiger charge is 2.36. The average Bonchev–Trinajstić information content (AvgIpc) is 3.14. The molecule has 1 heterocycles. The summed E-state index contributed by atoms with van der Waals surface area (Å²) < 4.78 is 5.64. The highest BCUT2D eigenvalue weighted by molar-refractivity contribution is 7.09. The number of ether oxygens (including phenoxy) is 1. The van der Waals surface area contributed by atoms with Gasteiger partial charge in [0.05, 0.1) is 12.1 Å². The van der Waals surface area contributed by atoms with Crippen LogP contribution in [0.3, 0.4) is 0 Å². The fourth-order valence-corrected chi connectivity index (χ4v) is 3.11. The standard InChI is InChI=1S/C16H18ClN3O2S/c17-11-1-3-13(4-2-11)22-8-16-19-12(9-23-16)6-15(21)20-14-5-10(14)7-18/h1-4,9-10,14H,5-8,18H2,(H,20,21). The lowest BCUT2D eigenvalue weighted by molar-refractivity contribution is -0.120. The fourth-order valence-electron chi connectivity index (χ4n) is 2.28. The lowest BCUT2D eigenvalue weighted by Gasteiger charge is -2.04. The zero-order chi connectivity index (χ0) is 16.2. The number of nitrogens with one attached hydrogen (secondary N) is 1. The summed E-state index contributed by atoms with van der Waals surface area (Å²) in [4.78, 5) is 16.3. The second kappa shape index (κ2) is 7.29. The summed E-state index contributed by atoms with van der Waals surface area (Å²) >= 11 is 7.32. The van der Waals surface area contributed by atoms with Gasteiger partial charge in [-0.25, -0.2) is 4.98 Å². The van der Waals surface area contributed by atoms with Gasteiger partial charge < -0.3 is 15.8 Å². The van der Waals surface area contributed by atoms with E-state index in [9.17, 15) is 4.79 Å². The number of amides is 1. The van der Waals surface area contributed by atoms with Crippen molar-refractivity contribution in [3.8, 4) is 5.75 Å². The van der Waals surface area contributed by atoms with Crippen LogP contribution >= 0.6 is 22.9 Å². The van der Waals surface area contributed by atoms with Gasteiger partial charge in [-0.3, -0.25) is 4.79 Å². The van der Waals surface area contributed by atoms with E-state index in [4.69, 9.17) is 22.1 Å². The third-order valence-electron chi connectivity index (χ3n) is 3.69. The molecular weight excluding hydrogens is 334 g/mol. The molecule has 2 unspecified atom stereocenters. The summed E-state index contributed by atoms with van der Waals surface area (Å²) in [7, 11) is 0. The van der Waals surface area contributed by atoms with E-state index >= 15 is 0 Å². The summed E-state index contributed by atoms with van der Waals surface area (Å²) in [5, 5.41) is 6.39. The van der Waals surface area contributed by atoms with Crippen molar-refractivity contribution in [3.63, 3.8) is 0 Å². The smallest absolute Gasteiger partial charge is 0.226 e. The molecule has 0 aliphatic heterocycles. The third kappa shape index (κ3) is 4.67. The lowest BCUT2D eigenvalue weighted by atomic mass is 10.3. The van der Waals surface area contributed by atoms with Gasteiger partial charge in [0.1, 0.15) is 17.4 Å². The van der Waals surface area contributed by atoms with E-state index in [0.29, 0.717) is 30.5 Å². The van der Waals surface area contributed by atoms with E-state index < -0.39 is 0 Å². The highest BCUT2D eigenvalue weighted by Crippen LogP contribution is 2.28. The summed E-state index contributed by atoms with van der Waals surface area (Å²) in [6, 6.07) is 7.43. The van der Waals surface area contributed by atoms with E-state index in [-0.39, 0.29) is 11.9 Å². The van der Waals surface area contributed by atoms with Crippen LogP contribution in [0.2, 0.25) is 5.02 Å². The van der Waals surface area contributed by atoms with Crippen molar-refractivity contribution in [3.05, 3.63) is 45.4 Å². The molecule has 1 aliphatic rings. The Hall–Kier alpha value is -1.63. The number of carbonyl (C=O) groups is 1. The Bertz CT molecular complexity index is 674. The van der Waals surface area contributed by atoms with E-state index in [1.807, 2.05) is 17.5 Å². The number of hydrogen-bond acceptors (Lipinski definition) is 5. The Balaban J connectivity index is 1.46. The van der Waals surface area contributed by atoms with Gasteiger partial charge in [-0.1, -0.05) is 11.6 Å². The molecule has 3 rings (SSSR count). The van der Waals surface area contributed by atoms with Gasteiger partial charge in [0.15, 0.2) is 0 Å². The predicted molar refractivity (Wildman–Crippen MR) is 90.7 cm³/mol. The summed E-state index contributed by atoms with van der Waals surface area (Å²) in [5.41, 5.74) is 6.33. The van der Waals surface area contributed by atoms with Gasteiger partial charge in [0, 0.05) is 16.4 Å². The van der Waals surface area contributed by atoms with Crippen LogP contribution in [-0.4, -0.2) is 23.5 Å². The van der Waals surface area contributed by atoms with Crippen LogP contribution < -0.4 is 15.8 Å². The molecule has 1 fully saturated rings. The van der Waals surface area contributed by atoms with Gasteiger partial charge in [0.2, 0.25) is 5.91 Å². The van der Waals surface area contributed by atoms with Crippen LogP contribution in [0.1, 0.15) is 17.1 Å². The summed E-state index contributed by atoms with van der Waals surface area (Å²) in [6.07, 6.45) is 1.28. The van der Waals surface area contributed by atoms with Crippen molar-refractivity contribution in [2.75, 3.05) is 6.54 Å². The number of aromatic nitrogens is 1. The topological polar surface area (TPSA) is 77.2 Å². The minimum atomic E-state index is 0.00131. The third-order valence-corrected chi connectivity index (χ3v) is 4.81. The second-order valence-corrected chi connectivity index (χ2v) is 6.94. The number of hydrogen-bond donors (Lipinski definition) is 2. The van der Waals surface area contributed by atoms with Crippen LogP contribution in [0.15, 0.2) is 29.6 Å². The zero-order valence-electron chi connectivity index (χ0n) is 12.5. The molecule has 0 saturated heterocycles. The fraction of sp³-hybridized carbons (Fsp3) is 0.375. The van der Waals surface area contributed by atoms with E-state index in [1.165, 1.54) is 11.3 Å². The Morgan fingerprint density at radius 1 is 1.43 bits per heavy atom. The normalized spacial score (nSPS) is 19.4. The molecule has 122 valence electrons. The molecule has 0 spiro atoms. The molecule has 23 heavy (non-hydrogen) atoms. The Kier molecular flexibility index (Phi) is 5.15. The molecule has 1 amide bonds. The van der Waals surface area contributed by atoms with Crippen molar-refractivity contribution in [2.45, 2.75) is 25.5 Å². The Morgan fingerprint density at radius 2 is 2.22 bits per heavy atom. The minimum absolute atomic E-state index is 0.00131. The first-order chi connectivity index (χ1) is 11.1. The number of nitrogens with zero attached hydrogens (tertiary/aromatic N) is 1. The number of benzene rings is 1. The molecule has 5 nitrogen and oxygen atoms in total. The van der Waals surface area contributed by atoms with E-state index in [0.717, 1.165) is 22.9 Å². The van der Waals surface area contributed by atoms with E-state index in [2.05, 4.69) is 10.3 Å². The maximum absolute atomic E-state index is 11.9. The van der Waals surface area contributed by atoms with E-state index in [1.54, 1.807) is 12.1 Å². The summed E-state index contributed by atoms with van der Waals surface area (Å²) in [5.74, 6) is 1.18. The van der Waals surface area contributed by atoms with Gasteiger partial charge >= 0.3 is 0 Å². The van der Waals surface area contributed by atoms with Gasteiger partial charge in [-0.2, -0.15) is 0 Å². The van der Waals surface area contributed by atoms with Crippen molar-refractivity contribution in [1.82, 2.24) is 10.3 Å². The molecule has 3 N–H and O–H groups in total. The van der Waals surface area contributed by atoms with Gasteiger partial charge in [-0.05, 0) is 43.1 Å². The minimum Gasteiger partial charge on any atom is -0.486 e. The van der Waals surface area contributed by atoms with Crippen molar-refractivity contribution >= 4 is 28.8 Å². The highest BCUT2D eigenvalue weighted by atomic mass is 35.5. The number of nitrogens with two attached hydrogens (primary N) is 1. The Morgan fingerprint density at radius 3 is 2.91 bits per heavy atom. The number of rotatable bonds is 7. The largest absolute Gasteiger partial charge is 0.486 e. The molecule has 7 heteroatoms. The first kappa shape index (κ1) is 16.2. The summed E-state index contributed by atoms with van der Waals surface area (Å²) in [6.45, 7) is 1.01. The Labute approximate surface area is 143 Å². The zero-order valence-corrected chi connectivity index (χ0v) is 14.1. The maximum Gasteiger partial charge on any atom is 0.226 e. The van der Waals surface area contributed by atoms with Gasteiger partial charge in [-0.15, -0.1) is 11.3 Å². The quantitative estimate of drug-likeness (QED) is 0.803. The average molecular weight is 352 g/mol. The molecule has 1 aliphatic carbocycles.